The Hall–Kier alpha value is -0.340. The summed E-state index contributed by atoms with van der Waals surface area (Å²) < 4.78 is 1.26. The maximum absolute atomic E-state index is 3.64. The van der Waals surface area contributed by atoms with Gasteiger partial charge in [0.1, 0.15) is 0 Å². The fraction of sp³-hybridized carbons (Fsp3) is 0.600. The molecule has 0 saturated carbocycles. The average molecular weight is 296 g/mol. The van der Waals surface area contributed by atoms with Crippen molar-refractivity contribution >= 4 is 15.9 Å². The molecule has 1 aliphatic rings. The van der Waals surface area contributed by atoms with Gasteiger partial charge in [0.2, 0.25) is 0 Å². The van der Waals surface area contributed by atoms with E-state index in [9.17, 15) is 0 Å². The van der Waals surface area contributed by atoms with Crippen molar-refractivity contribution in [3.8, 4) is 0 Å². The van der Waals surface area contributed by atoms with Crippen LogP contribution in [0.3, 0.4) is 0 Å². The largest absolute Gasteiger partial charge is 0.296 e. The van der Waals surface area contributed by atoms with Crippen molar-refractivity contribution in [2.45, 2.75) is 52.6 Å². The third kappa shape index (κ3) is 3.11. The van der Waals surface area contributed by atoms with Gasteiger partial charge in [0, 0.05) is 17.1 Å². The number of piperidine rings is 1. The van der Waals surface area contributed by atoms with Crippen molar-refractivity contribution in [1.82, 2.24) is 4.90 Å². The molecule has 0 radical (unpaired) electrons. The molecule has 94 valence electrons. The van der Waals surface area contributed by atoms with Gasteiger partial charge in [0.05, 0.1) is 0 Å². The first kappa shape index (κ1) is 13.1. The molecule has 0 aliphatic carbocycles. The summed E-state index contributed by atoms with van der Waals surface area (Å²) in [6.45, 7) is 9.09. The number of benzene rings is 1. The lowest BCUT2D eigenvalue weighted by Gasteiger charge is -2.33. The van der Waals surface area contributed by atoms with Crippen LogP contribution in [0.2, 0.25) is 0 Å². The van der Waals surface area contributed by atoms with Gasteiger partial charge in [0.25, 0.3) is 0 Å². The number of hydrogen-bond acceptors (Lipinski definition) is 1. The number of likely N-dealkylation sites (tertiary alicyclic amines) is 1. The van der Waals surface area contributed by atoms with Crippen LogP contribution in [0.15, 0.2) is 16.6 Å². The second-order valence-electron chi connectivity index (χ2n) is 5.36. The predicted molar refractivity (Wildman–Crippen MR) is 77.3 cm³/mol. The number of nitrogens with zero attached hydrogens (tertiary/aromatic N) is 1. The SMILES string of the molecule is Cc1cc(CN2CCCCC2C)cc(C)c1Br. The van der Waals surface area contributed by atoms with Gasteiger partial charge in [0.15, 0.2) is 0 Å². The van der Waals surface area contributed by atoms with E-state index in [4.69, 9.17) is 0 Å². The molecule has 2 heteroatoms. The van der Waals surface area contributed by atoms with Crippen LogP contribution in [0.5, 0.6) is 0 Å². The van der Waals surface area contributed by atoms with Gasteiger partial charge in [-0.15, -0.1) is 0 Å². The van der Waals surface area contributed by atoms with Crippen molar-refractivity contribution in [3.63, 3.8) is 0 Å². The molecule has 1 aromatic rings. The summed E-state index contributed by atoms with van der Waals surface area (Å²) >= 11 is 3.64. The molecule has 1 aliphatic heterocycles. The lowest BCUT2D eigenvalue weighted by molar-refractivity contribution is 0.152. The Bertz CT molecular complexity index is 377. The van der Waals surface area contributed by atoms with Gasteiger partial charge >= 0.3 is 0 Å². The van der Waals surface area contributed by atoms with E-state index in [0.29, 0.717) is 0 Å². The molecule has 0 N–H and O–H groups in total. The Kier molecular flexibility index (Phi) is 4.26. The fourth-order valence-corrected chi connectivity index (χ4v) is 2.98. The minimum atomic E-state index is 0.744. The first-order chi connectivity index (χ1) is 8.08. The summed E-state index contributed by atoms with van der Waals surface area (Å²) in [6, 6.07) is 5.38. The summed E-state index contributed by atoms with van der Waals surface area (Å²) in [7, 11) is 0. The summed E-state index contributed by atoms with van der Waals surface area (Å²) in [4.78, 5) is 2.62. The van der Waals surface area contributed by atoms with Gasteiger partial charge in [-0.3, -0.25) is 4.90 Å². The summed E-state index contributed by atoms with van der Waals surface area (Å²) in [6.07, 6.45) is 4.11. The van der Waals surface area contributed by atoms with E-state index in [2.05, 4.69) is 53.7 Å². The number of rotatable bonds is 2. The Morgan fingerprint density at radius 3 is 2.47 bits per heavy atom. The van der Waals surface area contributed by atoms with E-state index >= 15 is 0 Å². The van der Waals surface area contributed by atoms with Gasteiger partial charge in [-0.25, -0.2) is 0 Å². The van der Waals surface area contributed by atoms with Crippen LogP contribution in [0.25, 0.3) is 0 Å². The molecule has 17 heavy (non-hydrogen) atoms. The standard InChI is InChI=1S/C15H22BrN/c1-11-8-14(9-12(2)15(11)16)10-17-7-5-4-6-13(17)3/h8-9,13H,4-7,10H2,1-3H3. The summed E-state index contributed by atoms with van der Waals surface area (Å²) in [5.74, 6) is 0. The molecular formula is C15H22BrN. The van der Waals surface area contributed by atoms with Gasteiger partial charge in [-0.05, 0) is 56.8 Å². The Labute approximate surface area is 113 Å². The number of aryl methyl sites for hydroxylation is 2. The van der Waals surface area contributed by atoms with E-state index < -0.39 is 0 Å². The van der Waals surface area contributed by atoms with Crippen LogP contribution >= 0.6 is 15.9 Å². The van der Waals surface area contributed by atoms with E-state index in [0.717, 1.165) is 12.6 Å². The minimum absolute atomic E-state index is 0.744. The topological polar surface area (TPSA) is 3.24 Å². The zero-order chi connectivity index (χ0) is 12.4. The zero-order valence-corrected chi connectivity index (χ0v) is 12.7. The molecule has 1 aromatic carbocycles. The molecule has 1 heterocycles. The second-order valence-corrected chi connectivity index (χ2v) is 6.15. The average Bonchev–Trinajstić information content (AvgIpc) is 2.29. The van der Waals surface area contributed by atoms with E-state index in [1.165, 1.54) is 47.0 Å². The van der Waals surface area contributed by atoms with Crippen LogP contribution in [-0.4, -0.2) is 17.5 Å². The Morgan fingerprint density at radius 1 is 1.24 bits per heavy atom. The van der Waals surface area contributed by atoms with Crippen molar-refractivity contribution in [2.75, 3.05) is 6.54 Å². The molecule has 1 unspecified atom stereocenters. The highest BCUT2D eigenvalue weighted by atomic mass is 79.9. The Balaban J connectivity index is 2.12. The van der Waals surface area contributed by atoms with Crippen LogP contribution < -0.4 is 0 Å². The highest BCUT2D eigenvalue weighted by Crippen LogP contribution is 2.25. The van der Waals surface area contributed by atoms with Crippen LogP contribution in [0.1, 0.15) is 42.9 Å². The van der Waals surface area contributed by atoms with Crippen molar-refractivity contribution in [3.05, 3.63) is 33.3 Å². The van der Waals surface area contributed by atoms with Gasteiger partial charge in [-0.2, -0.15) is 0 Å². The van der Waals surface area contributed by atoms with Gasteiger partial charge in [-0.1, -0.05) is 34.5 Å². The molecule has 0 amide bonds. The lowest BCUT2D eigenvalue weighted by Crippen LogP contribution is -2.36. The molecule has 1 saturated heterocycles. The first-order valence-corrected chi connectivity index (χ1v) is 7.37. The van der Waals surface area contributed by atoms with Crippen molar-refractivity contribution in [1.29, 1.82) is 0 Å². The minimum Gasteiger partial charge on any atom is -0.296 e. The lowest BCUT2D eigenvalue weighted by atomic mass is 10.0. The third-order valence-electron chi connectivity index (χ3n) is 3.82. The van der Waals surface area contributed by atoms with E-state index in [1.54, 1.807) is 0 Å². The number of halogens is 1. The first-order valence-electron chi connectivity index (χ1n) is 6.57. The monoisotopic (exact) mass is 295 g/mol. The van der Waals surface area contributed by atoms with Gasteiger partial charge < -0.3 is 0 Å². The smallest absolute Gasteiger partial charge is 0.0236 e. The van der Waals surface area contributed by atoms with Crippen LogP contribution in [0.4, 0.5) is 0 Å². The predicted octanol–water partition coefficient (Wildman–Crippen LogP) is 4.44. The second kappa shape index (κ2) is 5.53. The van der Waals surface area contributed by atoms with Crippen molar-refractivity contribution in [2.24, 2.45) is 0 Å². The molecule has 1 atom stereocenters. The van der Waals surface area contributed by atoms with Crippen molar-refractivity contribution < 1.29 is 0 Å². The third-order valence-corrected chi connectivity index (χ3v) is 5.07. The number of hydrogen-bond donors (Lipinski definition) is 0. The highest BCUT2D eigenvalue weighted by Gasteiger charge is 2.18. The maximum atomic E-state index is 3.64. The molecule has 0 aromatic heterocycles. The fourth-order valence-electron chi connectivity index (χ4n) is 2.75. The molecule has 2 rings (SSSR count). The summed E-state index contributed by atoms with van der Waals surface area (Å²) in [5.41, 5.74) is 4.16. The van der Waals surface area contributed by atoms with E-state index in [-0.39, 0.29) is 0 Å². The molecule has 1 fully saturated rings. The Morgan fingerprint density at radius 2 is 1.88 bits per heavy atom. The zero-order valence-electron chi connectivity index (χ0n) is 11.1. The molecular weight excluding hydrogens is 274 g/mol. The van der Waals surface area contributed by atoms with Crippen LogP contribution in [0, 0.1) is 13.8 Å². The molecule has 0 bridgehead atoms. The molecule has 0 spiro atoms. The maximum Gasteiger partial charge on any atom is 0.0236 e. The van der Waals surface area contributed by atoms with Crippen LogP contribution in [-0.2, 0) is 6.54 Å². The summed E-state index contributed by atoms with van der Waals surface area (Å²) in [5, 5.41) is 0. The normalized spacial score (nSPS) is 21.8. The molecule has 1 nitrogen and oxygen atoms in total. The quantitative estimate of drug-likeness (QED) is 0.780. The highest BCUT2D eigenvalue weighted by molar-refractivity contribution is 9.10. The van der Waals surface area contributed by atoms with E-state index in [1.807, 2.05) is 0 Å².